The smallest absolute Gasteiger partial charge is 0.247 e. The predicted molar refractivity (Wildman–Crippen MR) is 67.9 cm³/mol. The van der Waals surface area contributed by atoms with E-state index in [4.69, 9.17) is 0 Å². The molecule has 0 aliphatic rings. The van der Waals surface area contributed by atoms with Crippen LogP contribution in [-0.2, 0) is 9.59 Å². The zero-order valence-corrected chi connectivity index (χ0v) is 11.1. The lowest BCUT2D eigenvalue weighted by molar-refractivity contribution is -0.138. The molecule has 0 radical (unpaired) electrons. The van der Waals surface area contributed by atoms with Crippen molar-refractivity contribution >= 4 is 11.8 Å². The molecule has 0 fully saturated rings. The van der Waals surface area contributed by atoms with Crippen LogP contribution in [0.3, 0.4) is 0 Å². The van der Waals surface area contributed by atoms with Crippen LogP contribution < -0.4 is 5.32 Å². The normalized spacial score (nSPS) is 11.9. The Balaban J connectivity index is 2.64. The molecule has 6 heteroatoms. The topological polar surface area (TPSA) is 67.2 Å². The van der Waals surface area contributed by atoms with Crippen molar-refractivity contribution in [2.24, 2.45) is 0 Å². The largest absolute Gasteiger partial charge is 0.355 e. The van der Waals surface area contributed by atoms with Gasteiger partial charge in [0.2, 0.25) is 11.8 Å². The summed E-state index contributed by atoms with van der Waals surface area (Å²) in [5, 5.41) is 6.72. The monoisotopic (exact) mass is 252 g/mol. The third-order valence-electron chi connectivity index (χ3n) is 2.68. The van der Waals surface area contributed by atoms with Gasteiger partial charge in [0.25, 0.3) is 0 Å². The van der Waals surface area contributed by atoms with Gasteiger partial charge in [0.05, 0.1) is 6.54 Å². The Morgan fingerprint density at radius 2 is 2.17 bits per heavy atom. The Bertz CT molecular complexity index is 389. The van der Waals surface area contributed by atoms with Crippen molar-refractivity contribution in [3.05, 3.63) is 18.5 Å². The highest BCUT2D eigenvalue weighted by atomic mass is 16.2. The summed E-state index contributed by atoms with van der Waals surface area (Å²) in [6, 6.07) is 1.37. The van der Waals surface area contributed by atoms with Gasteiger partial charge in [-0.3, -0.25) is 14.3 Å². The second-order valence-corrected chi connectivity index (χ2v) is 3.97. The number of nitrogens with one attached hydrogen (secondary N) is 1. The van der Waals surface area contributed by atoms with E-state index in [1.54, 1.807) is 30.1 Å². The van der Waals surface area contributed by atoms with Crippen LogP contribution in [0.5, 0.6) is 0 Å². The first kappa shape index (κ1) is 14.2. The molecule has 18 heavy (non-hydrogen) atoms. The highest BCUT2D eigenvalue weighted by Gasteiger charge is 2.22. The van der Waals surface area contributed by atoms with Gasteiger partial charge in [-0.1, -0.05) is 0 Å². The summed E-state index contributed by atoms with van der Waals surface area (Å²) in [4.78, 5) is 25.2. The molecule has 1 aromatic heterocycles. The van der Waals surface area contributed by atoms with Crippen molar-refractivity contribution in [1.82, 2.24) is 20.0 Å². The van der Waals surface area contributed by atoms with E-state index in [1.807, 2.05) is 13.8 Å². The first-order valence-electron chi connectivity index (χ1n) is 6.14. The van der Waals surface area contributed by atoms with Crippen LogP contribution in [0.4, 0.5) is 0 Å². The summed E-state index contributed by atoms with van der Waals surface area (Å²) < 4.78 is 1.59. The van der Waals surface area contributed by atoms with E-state index in [9.17, 15) is 9.59 Å². The van der Waals surface area contributed by atoms with Crippen molar-refractivity contribution in [2.75, 3.05) is 19.6 Å². The predicted octanol–water partition coefficient (Wildman–Crippen LogP) is 0.429. The maximum Gasteiger partial charge on any atom is 0.247 e. The van der Waals surface area contributed by atoms with Crippen molar-refractivity contribution in [1.29, 1.82) is 0 Å². The molecule has 2 amide bonds. The lowest BCUT2D eigenvalue weighted by Crippen LogP contribution is -2.43. The second kappa shape index (κ2) is 6.78. The molecular formula is C12H20N4O2. The van der Waals surface area contributed by atoms with Crippen LogP contribution in [0, 0.1) is 0 Å². The Kier molecular flexibility index (Phi) is 5.35. The lowest BCUT2D eigenvalue weighted by Gasteiger charge is -2.23. The zero-order valence-electron chi connectivity index (χ0n) is 11.1. The van der Waals surface area contributed by atoms with Crippen LogP contribution >= 0.6 is 0 Å². The van der Waals surface area contributed by atoms with Crippen molar-refractivity contribution < 1.29 is 9.59 Å². The fourth-order valence-corrected chi connectivity index (χ4v) is 1.66. The van der Waals surface area contributed by atoms with Gasteiger partial charge in [0.15, 0.2) is 0 Å². The minimum absolute atomic E-state index is 0.0920. The molecule has 1 N–H and O–H groups in total. The van der Waals surface area contributed by atoms with E-state index in [0.29, 0.717) is 13.1 Å². The van der Waals surface area contributed by atoms with Crippen LogP contribution in [0.15, 0.2) is 18.5 Å². The Morgan fingerprint density at radius 1 is 1.44 bits per heavy atom. The molecule has 100 valence electrons. The number of nitrogens with zero attached hydrogens (tertiary/aromatic N) is 3. The standard InChI is InChI=1S/C12H20N4O2/c1-4-13-11(17)9-15(5-2)12(18)10(3)16-8-6-7-14-16/h6-8,10H,4-5,9H2,1-3H3,(H,13,17). The summed E-state index contributed by atoms with van der Waals surface area (Å²) in [6.07, 6.45) is 3.37. The quantitative estimate of drug-likeness (QED) is 0.798. The number of carbonyl (C=O) groups is 2. The van der Waals surface area contributed by atoms with Crippen molar-refractivity contribution in [3.63, 3.8) is 0 Å². The number of aromatic nitrogens is 2. The lowest BCUT2D eigenvalue weighted by atomic mass is 10.3. The molecule has 6 nitrogen and oxygen atoms in total. The van der Waals surface area contributed by atoms with Gasteiger partial charge in [0, 0.05) is 25.5 Å². The molecule has 0 aromatic carbocycles. The summed E-state index contributed by atoms with van der Waals surface area (Å²) in [5.74, 6) is -0.243. The van der Waals surface area contributed by atoms with Gasteiger partial charge < -0.3 is 10.2 Å². The molecule has 1 aromatic rings. The molecule has 0 aliphatic heterocycles. The highest BCUT2D eigenvalue weighted by molar-refractivity contribution is 5.86. The maximum absolute atomic E-state index is 12.2. The molecule has 1 rings (SSSR count). The third kappa shape index (κ3) is 3.58. The molecule has 0 saturated carbocycles. The second-order valence-electron chi connectivity index (χ2n) is 3.97. The summed E-state index contributed by atoms with van der Waals surface area (Å²) in [6.45, 7) is 6.64. The SMILES string of the molecule is CCNC(=O)CN(CC)C(=O)C(C)n1cccn1. The highest BCUT2D eigenvalue weighted by Crippen LogP contribution is 2.08. The summed E-state index contributed by atoms with van der Waals surface area (Å²) in [7, 11) is 0. The van der Waals surface area contributed by atoms with Gasteiger partial charge in [-0.15, -0.1) is 0 Å². The molecule has 1 heterocycles. The number of amides is 2. The summed E-state index contributed by atoms with van der Waals surface area (Å²) in [5.41, 5.74) is 0. The summed E-state index contributed by atoms with van der Waals surface area (Å²) >= 11 is 0. The molecule has 0 aliphatic carbocycles. The van der Waals surface area contributed by atoms with Crippen LogP contribution in [0.1, 0.15) is 26.8 Å². The van der Waals surface area contributed by atoms with E-state index < -0.39 is 6.04 Å². The minimum Gasteiger partial charge on any atom is -0.355 e. The molecule has 1 atom stereocenters. The molecule has 0 saturated heterocycles. The average Bonchev–Trinajstić information content (AvgIpc) is 2.88. The van der Waals surface area contributed by atoms with Crippen LogP contribution in [-0.4, -0.2) is 46.1 Å². The minimum atomic E-state index is -0.394. The van der Waals surface area contributed by atoms with Gasteiger partial charge in [-0.25, -0.2) is 0 Å². The van der Waals surface area contributed by atoms with E-state index >= 15 is 0 Å². The number of carbonyl (C=O) groups excluding carboxylic acids is 2. The van der Waals surface area contributed by atoms with Gasteiger partial charge >= 0.3 is 0 Å². The van der Waals surface area contributed by atoms with Crippen molar-refractivity contribution in [3.8, 4) is 0 Å². The van der Waals surface area contributed by atoms with Gasteiger partial charge in [0.1, 0.15) is 6.04 Å². The third-order valence-corrected chi connectivity index (χ3v) is 2.68. The van der Waals surface area contributed by atoms with Crippen LogP contribution in [0.25, 0.3) is 0 Å². The number of likely N-dealkylation sites (N-methyl/N-ethyl adjacent to an activating group) is 2. The van der Waals surface area contributed by atoms with Crippen LogP contribution in [0.2, 0.25) is 0 Å². The Hall–Kier alpha value is -1.85. The zero-order chi connectivity index (χ0) is 13.5. The van der Waals surface area contributed by atoms with Gasteiger partial charge in [-0.2, -0.15) is 5.10 Å². The fourth-order valence-electron chi connectivity index (χ4n) is 1.66. The Labute approximate surface area is 107 Å². The van der Waals surface area contributed by atoms with E-state index in [1.165, 1.54) is 4.90 Å². The molecule has 1 unspecified atom stereocenters. The number of hydrogen-bond donors (Lipinski definition) is 1. The van der Waals surface area contributed by atoms with E-state index in [2.05, 4.69) is 10.4 Å². The van der Waals surface area contributed by atoms with E-state index in [-0.39, 0.29) is 18.4 Å². The first-order valence-corrected chi connectivity index (χ1v) is 6.14. The fraction of sp³-hybridized carbons (Fsp3) is 0.583. The average molecular weight is 252 g/mol. The molecular weight excluding hydrogens is 232 g/mol. The number of rotatable bonds is 6. The molecule has 0 bridgehead atoms. The molecule has 0 spiro atoms. The van der Waals surface area contributed by atoms with Gasteiger partial charge in [-0.05, 0) is 26.8 Å². The maximum atomic E-state index is 12.2. The Morgan fingerprint density at radius 3 is 2.67 bits per heavy atom. The first-order chi connectivity index (χ1) is 8.60. The van der Waals surface area contributed by atoms with Crippen molar-refractivity contribution in [2.45, 2.75) is 26.8 Å². The number of hydrogen-bond acceptors (Lipinski definition) is 3. The van der Waals surface area contributed by atoms with E-state index in [0.717, 1.165) is 0 Å².